The molecule has 0 saturated carbocycles. The first-order chi connectivity index (χ1) is 13.7. The molecule has 0 N–H and O–H groups in total. The smallest absolute Gasteiger partial charge is 0.116 e. The molecular weight excluding hydrogens is 408 g/mol. The second kappa shape index (κ2) is 10.5. The standard InChI is InChI=1S/C21H20N2O2S3/c1-25-10-6-12-28(24)15-27-21-18(14-22)17(16-7-3-2-4-8-16)13-19(23-21)20-9-5-11-26-20/h2-5,7-9,11,13H,6,10,12,15H2,1H3. The molecule has 0 aliphatic carbocycles. The third-order valence-electron chi connectivity index (χ3n) is 4.00. The zero-order valence-corrected chi connectivity index (χ0v) is 17.9. The van der Waals surface area contributed by atoms with Crippen molar-refractivity contribution in [1.29, 1.82) is 5.26 Å². The lowest BCUT2D eigenvalue weighted by Gasteiger charge is -2.12. The number of nitrogens with zero attached hydrogens (tertiary/aromatic N) is 2. The normalized spacial score (nSPS) is 11.9. The van der Waals surface area contributed by atoms with E-state index in [0.717, 1.165) is 28.1 Å². The average molecular weight is 429 g/mol. The van der Waals surface area contributed by atoms with Crippen LogP contribution in [-0.2, 0) is 15.5 Å². The van der Waals surface area contributed by atoms with Gasteiger partial charge in [0, 0.05) is 35.8 Å². The van der Waals surface area contributed by atoms with Crippen molar-refractivity contribution < 1.29 is 8.95 Å². The molecule has 1 unspecified atom stereocenters. The van der Waals surface area contributed by atoms with Gasteiger partial charge < -0.3 is 4.74 Å². The van der Waals surface area contributed by atoms with Gasteiger partial charge in [-0.15, -0.1) is 11.3 Å². The van der Waals surface area contributed by atoms with E-state index >= 15 is 0 Å². The number of nitriles is 1. The van der Waals surface area contributed by atoms with Crippen molar-refractivity contribution in [3.63, 3.8) is 0 Å². The second-order valence-electron chi connectivity index (χ2n) is 5.94. The number of thioether (sulfide) groups is 1. The molecule has 0 spiro atoms. The first kappa shape index (κ1) is 20.7. The Hall–Kier alpha value is -1.98. The first-order valence-electron chi connectivity index (χ1n) is 8.74. The van der Waals surface area contributed by atoms with Crippen LogP contribution in [0.2, 0.25) is 0 Å². The number of aromatic nitrogens is 1. The Labute approximate surface area is 176 Å². The maximum atomic E-state index is 12.3. The largest absolute Gasteiger partial charge is 0.385 e. The predicted octanol–water partition coefficient (Wildman–Crippen LogP) is 5.18. The lowest BCUT2D eigenvalue weighted by Crippen LogP contribution is -2.04. The number of pyridine rings is 1. The molecule has 2 aromatic heterocycles. The summed E-state index contributed by atoms with van der Waals surface area (Å²) in [5.74, 6) is 0.582. The van der Waals surface area contributed by atoms with Crippen LogP contribution in [0.1, 0.15) is 12.0 Å². The monoisotopic (exact) mass is 428 g/mol. The summed E-state index contributed by atoms with van der Waals surface area (Å²) >= 11 is 3.00. The summed E-state index contributed by atoms with van der Waals surface area (Å²) in [5.41, 5.74) is 3.20. The summed E-state index contributed by atoms with van der Waals surface area (Å²) in [5, 5.41) is 12.9. The number of thiophene rings is 1. The van der Waals surface area contributed by atoms with E-state index in [1.165, 1.54) is 11.8 Å². The highest BCUT2D eigenvalue weighted by Gasteiger charge is 2.17. The third kappa shape index (κ3) is 5.30. The molecule has 0 saturated heterocycles. The van der Waals surface area contributed by atoms with Gasteiger partial charge in [0.25, 0.3) is 0 Å². The molecule has 3 rings (SSSR count). The molecule has 0 aliphatic rings. The molecule has 2 heterocycles. The zero-order valence-electron chi connectivity index (χ0n) is 15.5. The average Bonchev–Trinajstić information content (AvgIpc) is 3.27. The minimum Gasteiger partial charge on any atom is -0.385 e. The molecule has 1 aromatic carbocycles. The summed E-state index contributed by atoms with van der Waals surface area (Å²) < 4.78 is 17.3. The Morgan fingerprint density at radius 1 is 1.25 bits per heavy atom. The molecule has 1 atom stereocenters. The molecule has 0 fully saturated rings. The van der Waals surface area contributed by atoms with E-state index < -0.39 is 10.8 Å². The van der Waals surface area contributed by atoms with E-state index in [2.05, 4.69) is 6.07 Å². The molecule has 144 valence electrons. The van der Waals surface area contributed by atoms with E-state index in [-0.39, 0.29) is 0 Å². The molecule has 0 amide bonds. The number of rotatable bonds is 9. The van der Waals surface area contributed by atoms with Gasteiger partial charge in [0.15, 0.2) is 0 Å². The molecule has 0 radical (unpaired) electrons. The topological polar surface area (TPSA) is 63.0 Å². The molecule has 28 heavy (non-hydrogen) atoms. The second-order valence-corrected chi connectivity index (χ2v) is 9.80. The van der Waals surface area contributed by atoms with E-state index in [9.17, 15) is 9.47 Å². The minimum absolute atomic E-state index is 0.410. The molecule has 4 nitrogen and oxygen atoms in total. The highest BCUT2D eigenvalue weighted by molar-refractivity contribution is 8.10. The van der Waals surface area contributed by atoms with E-state index in [4.69, 9.17) is 9.72 Å². The minimum atomic E-state index is -0.991. The predicted molar refractivity (Wildman–Crippen MR) is 118 cm³/mol. The SMILES string of the molecule is COCCCS(=O)CSc1nc(-c2cccs2)cc(-c2ccccc2)c1C#N. The molecular formula is C21H20N2O2S3. The van der Waals surface area contributed by atoms with Crippen molar-refractivity contribution in [3.8, 4) is 27.8 Å². The number of hydrogen-bond acceptors (Lipinski definition) is 6. The molecule has 0 aliphatic heterocycles. The Kier molecular flexibility index (Phi) is 7.80. The van der Waals surface area contributed by atoms with Gasteiger partial charge in [0.1, 0.15) is 11.1 Å². The van der Waals surface area contributed by atoms with Crippen LogP contribution in [0.25, 0.3) is 21.7 Å². The molecule has 7 heteroatoms. The fraction of sp³-hybridized carbons (Fsp3) is 0.238. The maximum absolute atomic E-state index is 12.3. The van der Waals surface area contributed by atoms with Gasteiger partial charge in [-0.2, -0.15) is 5.26 Å². The number of ether oxygens (including phenoxy) is 1. The summed E-state index contributed by atoms with van der Waals surface area (Å²) in [4.78, 5) is 5.78. The van der Waals surface area contributed by atoms with Crippen molar-refractivity contribution in [2.24, 2.45) is 0 Å². The Bertz CT molecular complexity index is 967. The van der Waals surface area contributed by atoms with Crippen LogP contribution >= 0.6 is 23.1 Å². The van der Waals surface area contributed by atoms with Gasteiger partial charge in [0.05, 0.1) is 21.2 Å². The van der Waals surface area contributed by atoms with Crippen LogP contribution in [0.3, 0.4) is 0 Å². The van der Waals surface area contributed by atoms with Gasteiger partial charge in [-0.1, -0.05) is 48.2 Å². The summed E-state index contributed by atoms with van der Waals surface area (Å²) in [7, 11) is 0.650. The van der Waals surface area contributed by atoms with Crippen LogP contribution in [0.4, 0.5) is 0 Å². The fourth-order valence-electron chi connectivity index (χ4n) is 2.67. The van der Waals surface area contributed by atoms with Crippen molar-refractivity contribution in [3.05, 3.63) is 59.5 Å². The maximum Gasteiger partial charge on any atom is 0.116 e. The summed E-state index contributed by atoms with van der Waals surface area (Å²) in [6.07, 6.45) is 0.757. The fourth-order valence-corrected chi connectivity index (χ4v) is 5.71. The first-order valence-corrected chi connectivity index (χ1v) is 12.1. The van der Waals surface area contributed by atoms with Gasteiger partial charge in [-0.3, -0.25) is 4.21 Å². The van der Waals surface area contributed by atoms with Gasteiger partial charge >= 0.3 is 0 Å². The number of benzene rings is 1. The lowest BCUT2D eigenvalue weighted by atomic mass is 10.0. The van der Waals surface area contributed by atoms with Crippen LogP contribution in [0, 0.1) is 11.3 Å². The Morgan fingerprint density at radius 3 is 2.75 bits per heavy atom. The van der Waals surface area contributed by atoms with Crippen LogP contribution in [0.5, 0.6) is 0 Å². The summed E-state index contributed by atoms with van der Waals surface area (Å²) in [6, 6.07) is 18.1. The van der Waals surface area contributed by atoms with Crippen molar-refractivity contribution in [2.45, 2.75) is 11.4 Å². The van der Waals surface area contributed by atoms with E-state index in [1.54, 1.807) is 18.4 Å². The van der Waals surface area contributed by atoms with E-state index in [1.807, 2.05) is 53.9 Å². The van der Waals surface area contributed by atoms with Crippen molar-refractivity contribution in [2.75, 3.05) is 24.6 Å². The van der Waals surface area contributed by atoms with Crippen molar-refractivity contribution >= 4 is 33.9 Å². The van der Waals surface area contributed by atoms with Crippen LogP contribution < -0.4 is 0 Å². The molecule has 3 aromatic rings. The highest BCUT2D eigenvalue weighted by Crippen LogP contribution is 2.35. The highest BCUT2D eigenvalue weighted by atomic mass is 32.2. The quantitative estimate of drug-likeness (QED) is 0.347. The Morgan fingerprint density at radius 2 is 2.07 bits per heavy atom. The van der Waals surface area contributed by atoms with Gasteiger partial charge in [0.2, 0.25) is 0 Å². The number of hydrogen-bond donors (Lipinski definition) is 0. The summed E-state index contributed by atoms with van der Waals surface area (Å²) in [6.45, 7) is 0.601. The van der Waals surface area contributed by atoms with Crippen LogP contribution in [0.15, 0.2) is 58.9 Å². The van der Waals surface area contributed by atoms with Gasteiger partial charge in [-0.05, 0) is 29.5 Å². The van der Waals surface area contributed by atoms with E-state index in [0.29, 0.717) is 28.0 Å². The van der Waals surface area contributed by atoms with Crippen molar-refractivity contribution in [1.82, 2.24) is 4.98 Å². The lowest BCUT2D eigenvalue weighted by molar-refractivity contribution is 0.200. The molecule has 0 bridgehead atoms. The Balaban J connectivity index is 1.95. The zero-order chi connectivity index (χ0) is 19.8. The third-order valence-corrected chi connectivity index (χ3v) is 7.73. The number of methoxy groups -OCH3 is 1. The van der Waals surface area contributed by atoms with Gasteiger partial charge in [-0.25, -0.2) is 4.98 Å². The van der Waals surface area contributed by atoms with Crippen LogP contribution in [-0.4, -0.2) is 33.7 Å².